The van der Waals surface area contributed by atoms with E-state index in [1.807, 2.05) is 74.5 Å². The number of amides is 2. The second kappa shape index (κ2) is 7.57. The van der Waals surface area contributed by atoms with Crippen LogP contribution in [0.2, 0.25) is 5.02 Å². The van der Waals surface area contributed by atoms with Crippen LogP contribution in [0.4, 0.5) is 11.4 Å². The van der Waals surface area contributed by atoms with Crippen LogP contribution in [-0.4, -0.2) is 11.8 Å². The summed E-state index contributed by atoms with van der Waals surface area (Å²) < 4.78 is 0. The lowest BCUT2D eigenvalue weighted by Gasteiger charge is -2.16. The third-order valence-electron chi connectivity index (χ3n) is 4.85. The summed E-state index contributed by atoms with van der Waals surface area (Å²) >= 11 is 6.24. The van der Waals surface area contributed by atoms with Gasteiger partial charge in [0.05, 0.1) is 11.3 Å². The summed E-state index contributed by atoms with van der Waals surface area (Å²) in [4.78, 5) is 27.9. The number of carbonyl (C=O) groups is 2. The molecular weight excluding hydrogens is 384 g/mol. The Bertz CT molecular complexity index is 1150. The van der Waals surface area contributed by atoms with Gasteiger partial charge in [-0.05, 0) is 54.8 Å². The van der Waals surface area contributed by atoms with E-state index in [4.69, 9.17) is 11.6 Å². The first-order chi connectivity index (χ1) is 14.0. The monoisotopic (exact) mass is 402 g/mol. The minimum Gasteiger partial charge on any atom is -0.350 e. The van der Waals surface area contributed by atoms with Gasteiger partial charge >= 0.3 is 0 Å². The van der Waals surface area contributed by atoms with E-state index in [1.165, 1.54) is 4.90 Å². The van der Waals surface area contributed by atoms with Gasteiger partial charge in [-0.3, -0.25) is 9.59 Å². The van der Waals surface area contributed by atoms with Gasteiger partial charge in [0.15, 0.2) is 0 Å². The average molecular weight is 403 g/mol. The second-order valence-electron chi connectivity index (χ2n) is 6.99. The molecule has 0 aliphatic carbocycles. The maximum Gasteiger partial charge on any atom is 0.282 e. The summed E-state index contributed by atoms with van der Waals surface area (Å²) in [6, 6.07) is 22.0. The third kappa shape index (κ3) is 3.55. The molecule has 0 saturated carbocycles. The van der Waals surface area contributed by atoms with Crippen molar-refractivity contribution >= 4 is 40.4 Å². The summed E-state index contributed by atoms with van der Waals surface area (Å²) in [5.41, 5.74) is 4.36. The van der Waals surface area contributed by atoms with Crippen molar-refractivity contribution in [3.8, 4) is 0 Å². The molecule has 0 bridgehead atoms. The molecule has 0 radical (unpaired) electrons. The molecule has 1 N–H and O–H groups in total. The molecule has 1 aliphatic rings. The van der Waals surface area contributed by atoms with Gasteiger partial charge in [-0.1, -0.05) is 60.1 Å². The molecule has 2 amide bonds. The highest BCUT2D eigenvalue weighted by molar-refractivity contribution is 6.46. The predicted molar refractivity (Wildman–Crippen MR) is 117 cm³/mol. The number of imide groups is 1. The van der Waals surface area contributed by atoms with Crippen LogP contribution < -0.4 is 10.2 Å². The predicted octanol–water partition coefficient (Wildman–Crippen LogP) is 5.35. The molecule has 4 rings (SSSR count). The summed E-state index contributed by atoms with van der Waals surface area (Å²) in [5.74, 6) is -0.747. The Kier molecular flexibility index (Phi) is 4.95. The van der Waals surface area contributed by atoms with E-state index in [0.717, 1.165) is 11.1 Å². The summed E-state index contributed by atoms with van der Waals surface area (Å²) in [5, 5.41) is 3.72. The Morgan fingerprint density at radius 1 is 0.828 bits per heavy atom. The fourth-order valence-corrected chi connectivity index (χ4v) is 3.52. The number of nitrogens with zero attached hydrogens (tertiary/aromatic N) is 1. The van der Waals surface area contributed by atoms with Crippen molar-refractivity contribution in [2.75, 3.05) is 10.2 Å². The van der Waals surface area contributed by atoms with Crippen LogP contribution in [0, 0.1) is 13.8 Å². The molecule has 0 atom stereocenters. The van der Waals surface area contributed by atoms with Crippen LogP contribution in [0.5, 0.6) is 0 Å². The normalized spacial score (nSPS) is 14.0. The number of halogens is 1. The average Bonchev–Trinajstić information content (AvgIpc) is 2.95. The lowest BCUT2D eigenvalue weighted by molar-refractivity contribution is -0.120. The van der Waals surface area contributed by atoms with Gasteiger partial charge in [0.1, 0.15) is 5.70 Å². The van der Waals surface area contributed by atoms with Crippen molar-refractivity contribution in [1.82, 2.24) is 0 Å². The number of benzene rings is 3. The molecule has 0 saturated heterocycles. The van der Waals surface area contributed by atoms with E-state index < -0.39 is 5.91 Å². The number of anilines is 2. The van der Waals surface area contributed by atoms with Crippen LogP contribution in [0.15, 0.2) is 78.5 Å². The van der Waals surface area contributed by atoms with Crippen molar-refractivity contribution in [2.24, 2.45) is 0 Å². The highest BCUT2D eigenvalue weighted by Crippen LogP contribution is 2.34. The number of rotatable bonds is 4. The SMILES string of the molecule is Cc1cccc(N2C(=O)C(Nc3ccc(C)c(Cl)c3)=C(c3ccccc3)C2=O)c1. The molecule has 0 aromatic heterocycles. The molecule has 0 fully saturated rings. The third-order valence-corrected chi connectivity index (χ3v) is 5.25. The molecule has 0 unspecified atom stereocenters. The number of carbonyl (C=O) groups excluding carboxylic acids is 2. The van der Waals surface area contributed by atoms with E-state index >= 15 is 0 Å². The Labute approximate surface area is 174 Å². The molecule has 0 spiro atoms. The molecule has 144 valence electrons. The minimum atomic E-state index is -0.392. The van der Waals surface area contributed by atoms with Gasteiger partial charge in [0.2, 0.25) is 0 Å². The Hall–Kier alpha value is -3.37. The molecule has 4 nitrogen and oxygen atoms in total. The van der Waals surface area contributed by atoms with Gasteiger partial charge in [-0.2, -0.15) is 0 Å². The van der Waals surface area contributed by atoms with Crippen LogP contribution >= 0.6 is 11.6 Å². The number of hydrogen-bond donors (Lipinski definition) is 1. The van der Waals surface area contributed by atoms with E-state index in [2.05, 4.69) is 5.32 Å². The first-order valence-electron chi connectivity index (χ1n) is 9.24. The maximum absolute atomic E-state index is 13.3. The van der Waals surface area contributed by atoms with Crippen LogP contribution in [-0.2, 0) is 9.59 Å². The van der Waals surface area contributed by atoms with Crippen LogP contribution in [0.25, 0.3) is 5.57 Å². The number of aryl methyl sites for hydroxylation is 2. The van der Waals surface area contributed by atoms with E-state index in [1.54, 1.807) is 12.1 Å². The molecule has 1 aliphatic heterocycles. The van der Waals surface area contributed by atoms with E-state index in [0.29, 0.717) is 27.5 Å². The van der Waals surface area contributed by atoms with Crippen molar-refractivity contribution in [3.63, 3.8) is 0 Å². The Balaban J connectivity index is 1.82. The lowest BCUT2D eigenvalue weighted by Crippen LogP contribution is -2.32. The highest BCUT2D eigenvalue weighted by atomic mass is 35.5. The smallest absolute Gasteiger partial charge is 0.282 e. The summed E-state index contributed by atoms with van der Waals surface area (Å²) in [7, 11) is 0. The van der Waals surface area contributed by atoms with Crippen molar-refractivity contribution in [2.45, 2.75) is 13.8 Å². The number of hydrogen-bond acceptors (Lipinski definition) is 3. The van der Waals surface area contributed by atoms with E-state index in [9.17, 15) is 9.59 Å². The first kappa shape index (κ1) is 19.0. The highest BCUT2D eigenvalue weighted by Gasteiger charge is 2.40. The Morgan fingerprint density at radius 3 is 2.28 bits per heavy atom. The van der Waals surface area contributed by atoms with E-state index in [-0.39, 0.29) is 11.6 Å². The van der Waals surface area contributed by atoms with Crippen LogP contribution in [0.3, 0.4) is 0 Å². The lowest BCUT2D eigenvalue weighted by atomic mass is 10.0. The molecule has 1 heterocycles. The molecule has 29 heavy (non-hydrogen) atoms. The molecule has 5 heteroatoms. The minimum absolute atomic E-state index is 0.239. The van der Waals surface area contributed by atoms with Gasteiger partial charge < -0.3 is 5.32 Å². The summed E-state index contributed by atoms with van der Waals surface area (Å²) in [6.07, 6.45) is 0. The first-order valence-corrected chi connectivity index (χ1v) is 9.62. The topological polar surface area (TPSA) is 49.4 Å². The quantitative estimate of drug-likeness (QED) is 0.598. The standard InChI is InChI=1S/C24H19ClN2O2/c1-15-7-6-10-19(13-15)27-23(28)21(17-8-4-3-5-9-17)22(24(27)29)26-18-12-11-16(2)20(25)14-18/h3-14,26H,1-2H3. The fourth-order valence-electron chi connectivity index (χ4n) is 3.33. The van der Waals surface area contributed by atoms with Crippen molar-refractivity contribution in [3.05, 3.63) is 100 Å². The van der Waals surface area contributed by atoms with Gasteiger partial charge in [-0.15, -0.1) is 0 Å². The largest absolute Gasteiger partial charge is 0.350 e. The van der Waals surface area contributed by atoms with Crippen molar-refractivity contribution < 1.29 is 9.59 Å². The molecular formula is C24H19ClN2O2. The zero-order chi connectivity index (χ0) is 20.5. The molecule has 3 aromatic carbocycles. The molecule has 3 aromatic rings. The van der Waals surface area contributed by atoms with Gasteiger partial charge in [-0.25, -0.2) is 4.90 Å². The van der Waals surface area contributed by atoms with Gasteiger partial charge in [0.25, 0.3) is 11.8 Å². The zero-order valence-electron chi connectivity index (χ0n) is 16.1. The second-order valence-corrected chi connectivity index (χ2v) is 7.40. The van der Waals surface area contributed by atoms with Gasteiger partial charge in [0, 0.05) is 10.7 Å². The van der Waals surface area contributed by atoms with Crippen molar-refractivity contribution in [1.29, 1.82) is 0 Å². The zero-order valence-corrected chi connectivity index (χ0v) is 16.8. The summed E-state index contributed by atoms with van der Waals surface area (Å²) in [6.45, 7) is 3.83. The maximum atomic E-state index is 13.3. The van der Waals surface area contributed by atoms with Crippen LogP contribution in [0.1, 0.15) is 16.7 Å². The number of nitrogens with one attached hydrogen (secondary N) is 1. The Morgan fingerprint density at radius 2 is 1.59 bits per heavy atom. The fraction of sp³-hybridized carbons (Fsp3) is 0.0833.